The molecule has 0 fully saturated rings. The van der Waals surface area contributed by atoms with Gasteiger partial charge in [-0.3, -0.25) is 4.79 Å². The molecule has 24 heavy (non-hydrogen) atoms. The molecule has 0 saturated carbocycles. The van der Waals surface area contributed by atoms with Crippen molar-refractivity contribution in [3.63, 3.8) is 0 Å². The maximum absolute atomic E-state index is 12.5. The number of thiophene rings is 1. The second kappa shape index (κ2) is 7.38. The third kappa shape index (κ3) is 3.80. The van der Waals surface area contributed by atoms with Crippen molar-refractivity contribution in [1.29, 1.82) is 0 Å². The fourth-order valence-electron chi connectivity index (χ4n) is 2.35. The Bertz CT molecular complexity index is 828. The van der Waals surface area contributed by atoms with Gasteiger partial charge in [-0.1, -0.05) is 59.1 Å². The number of benzene rings is 1. The normalized spacial score (nSPS) is 12.1. The number of amides is 1. The van der Waals surface area contributed by atoms with Gasteiger partial charge in [0.2, 0.25) is 5.91 Å². The van der Waals surface area contributed by atoms with E-state index in [9.17, 15) is 4.79 Å². The largest absolute Gasteiger partial charge is 0.343 e. The third-order valence-electron chi connectivity index (χ3n) is 3.59. The molecule has 7 heteroatoms. The SMILES string of the molecule is Cc1ccc([C@@H](NC(=O)Cn2cnc(Cl)c2Cl)c2cccs2)cc1. The van der Waals surface area contributed by atoms with Crippen LogP contribution in [-0.4, -0.2) is 15.5 Å². The molecule has 0 unspecified atom stereocenters. The van der Waals surface area contributed by atoms with E-state index in [1.807, 2.05) is 48.7 Å². The summed E-state index contributed by atoms with van der Waals surface area (Å²) in [5.74, 6) is -0.162. The standard InChI is InChI=1S/C17H15Cl2N3OS/c1-11-4-6-12(7-5-11)15(13-3-2-8-24-13)21-14(23)9-22-10-20-16(18)17(22)19/h2-8,10,15H,9H2,1H3,(H,21,23)/t15-/m1/s1. The van der Waals surface area contributed by atoms with Gasteiger partial charge in [-0.15, -0.1) is 11.3 Å². The number of halogens is 2. The van der Waals surface area contributed by atoms with Gasteiger partial charge in [0.05, 0.1) is 12.4 Å². The maximum Gasteiger partial charge on any atom is 0.240 e. The summed E-state index contributed by atoms with van der Waals surface area (Å²) in [6.07, 6.45) is 1.45. The molecule has 2 heterocycles. The number of hydrogen-bond acceptors (Lipinski definition) is 3. The Morgan fingerprint density at radius 3 is 2.62 bits per heavy atom. The Kier molecular flexibility index (Phi) is 5.23. The third-order valence-corrected chi connectivity index (χ3v) is 5.30. The number of hydrogen-bond donors (Lipinski definition) is 1. The Labute approximate surface area is 154 Å². The van der Waals surface area contributed by atoms with Crippen LogP contribution in [0.25, 0.3) is 0 Å². The minimum absolute atomic E-state index is 0.0618. The summed E-state index contributed by atoms with van der Waals surface area (Å²) in [5.41, 5.74) is 2.21. The molecular formula is C17H15Cl2N3OS. The molecule has 1 aromatic carbocycles. The second-order valence-electron chi connectivity index (χ2n) is 5.38. The molecule has 0 bridgehead atoms. The molecule has 124 valence electrons. The van der Waals surface area contributed by atoms with E-state index in [4.69, 9.17) is 23.2 Å². The summed E-state index contributed by atoms with van der Waals surface area (Å²) in [4.78, 5) is 17.4. The highest BCUT2D eigenvalue weighted by molar-refractivity contribution is 7.10. The molecule has 0 aliphatic carbocycles. The van der Waals surface area contributed by atoms with Gasteiger partial charge < -0.3 is 9.88 Å². The van der Waals surface area contributed by atoms with Crippen molar-refractivity contribution in [2.24, 2.45) is 0 Å². The quantitative estimate of drug-likeness (QED) is 0.710. The summed E-state index contributed by atoms with van der Waals surface area (Å²) in [6, 6.07) is 11.9. The first-order chi connectivity index (χ1) is 11.5. The van der Waals surface area contributed by atoms with E-state index in [0.29, 0.717) is 0 Å². The molecule has 1 amide bonds. The van der Waals surface area contributed by atoms with Crippen LogP contribution in [0.5, 0.6) is 0 Å². The van der Waals surface area contributed by atoms with Crippen molar-refractivity contribution < 1.29 is 4.79 Å². The van der Waals surface area contributed by atoms with E-state index in [0.717, 1.165) is 10.4 Å². The Hall–Kier alpha value is -1.82. The van der Waals surface area contributed by atoms with Crippen LogP contribution in [0.3, 0.4) is 0 Å². The fourth-order valence-corrected chi connectivity index (χ4v) is 3.45. The van der Waals surface area contributed by atoms with Crippen molar-refractivity contribution in [1.82, 2.24) is 14.9 Å². The van der Waals surface area contributed by atoms with Crippen LogP contribution >= 0.6 is 34.5 Å². The molecule has 1 N–H and O–H groups in total. The lowest BCUT2D eigenvalue weighted by atomic mass is 10.0. The number of rotatable bonds is 5. The van der Waals surface area contributed by atoms with Crippen LogP contribution < -0.4 is 5.32 Å². The van der Waals surface area contributed by atoms with Crippen LogP contribution in [0, 0.1) is 6.92 Å². The second-order valence-corrected chi connectivity index (χ2v) is 7.08. The molecule has 0 spiro atoms. The van der Waals surface area contributed by atoms with Crippen molar-refractivity contribution in [3.05, 3.63) is 74.4 Å². The van der Waals surface area contributed by atoms with Crippen LogP contribution in [-0.2, 0) is 11.3 Å². The van der Waals surface area contributed by atoms with E-state index < -0.39 is 0 Å². The van der Waals surface area contributed by atoms with Crippen LogP contribution in [0.4, 0.5) is 0 Å². The predicted molar refractivity (Wildman–Crippen MR) is 97.7 cm³/mol. The number of nitrogens with one attached hydrogen (secondary N) is 1. The zero-order valence-electron chi connectivity index (χ0n) is 12.9. The summed E-state index contributed by atoms with van der Waals surface area (Å²) >= 11 is 13.4. The van der Waals surface area contributed by atoms with Crippen LogP contribution in [0.15, 0.2) is 48.1 Å². The highest BCUT2D eigenvalue weighted by atomic mass is 35.5. The fraction of sp³-hybridized carbons (Fsp3) is 0.176. The lowest BCUT2D eigenvalue weighted by Crippen LogP contribution is -2.31. The zero-order chi connectivity index (χ0) is 17.1. The lowest BCUT2D eigenvalue weighted by molar-refractivity contribution is -0.122. The number of nitrogens with zero attached hydrogens (tertiary/aromatic N) is 2. The number of aromatic nitrogens is 2. The van der Waals surface area contributed by atoms with E-state index in [-0.39, 0.29) is 28.8 Å². The molecule has 3 rings (SSSR count). The minimum atomic E-state index is -0.198. The van der Waals surface area contributed by atoms with Gasteiger partial charge in [-0.2, -0.15) is 0 Å². The number of carbonyl (C=O) groups is 1. The predicted octanol–water partition coefficient (Wildman–Crippen LogP) is 4.47. The van der Waals surface area contributed by atoms with Gasteiger partial charge in [-0.05, 0) is 23.9 Å². The van der Waals surface area contributed by atoms with Gasteiger partial charge in [0, 0.05) is 4.88 Å². The highest BCUT2D eigenvalue weighted by Crippen LogP contribution is 2.26. The highest BCUT2D eigenvalue weighted by Gasteiger charge is 2.19. The number of carbonyl (C=O) groups excluding carboxylic acids is 1. The maximum atomic E-state index is 12.5. The molecule has 0 aliphatic heterocycles. The smallest absolute Gasteiger partial charge is 0.240 e. The van der Waals surface area contributed by atoms with Crippen molar-refractivity contribution in [3.8, 4) is 0 Å². The van der Waals surface area contributed by atoms with E-state index >= 15 is 0 Å². The first-order valence-corrected chi connectivity index (χ1v) is 8.93. The summed E-state index contributed by atoms with van der Waals surface area (Å²) in [7, 11) is 0. The summed E-state index contributed by atoms with van der Waals surface area (Å²) < 4.78 is 1.51. The average Bonchev–Trinajstić information content (AvgIpc) is 3.20. The molecule has 4 nitrogen and oxygen atoms in total. The molecule has 3 aromatic rings. The monoisotopic (exact) mass is 379 g/mol. The van der Waals surface area contributed by atoms with Crippen molar-refractivity contribution >= 4 is 40.4 Å². The van der Waals surface area contributed by atoms with E-state index in [2.05, 4.69) is 10.3 Å². The first kappa shape index (κ1) is 17.0. The molecule has 0 radical (unpaired) electrons. The average molecular weight is 380 g/mol. The van der Waals surface area contributed by atoms with Gasteiger partial charge >= 0.3 is 0 Å². The molecule has 0 saturated heterocycles. The van der Waals surface area contributed by atoms with E-state index in [1.54, 1.807) is 11.3 Å². The Morgan fingerprint density at radius 1 is 1.29 bits per heavy atom. The Balaban J connectivity index is 1.80. The number of imidazole rings is 1. The van der Waals surface area contributed by atoms with Crippen LogP contribution in [0.2, 0.25) is 10.3 Å². The Morgan fingerprint density at radius 2 is 2.04 bits per heavy atom. The van der Waals surface area contributed by atoms with Gasteiger partial charge in [-0.25, -0.2) is 4.98 Å². The molecule has 2 aromatic heterocycles. The van der Waals surface area contributed by atoms with Crippen LogP contribution in [0.1, 0.15) is 22.0 Å². The van der Waals surface area contributed by atoms with Crippen molar-refractivity contribution in [2.45, 2.75) is 19.5 Å². The zero-order valence-corrected chi connectivity index (χ0v) is 15.2. The summed E-state index contributed by atoms with van der Waals surface area (Å²) in [6.45, 7) is 2.10. The molecule has 0 aliphatic rings. The molecular weight excluding hydrogens is 365 g/mol. The van der Waals surface area contributed by atoms with Gasteiger partial charge in [0.15, 0.2) is 5.15 Å². The van der Waals surface area contributed by atoms with E-state index in [1.165, 1.54) is 16.5 Å². The first-order valence-electron chi connectivity index (χ1n) is 7.30. The lowest BCUT2D eigenvalue weighted by Gasteiger charge is -2.18. The van der Waals surface area contributed by atoms with Crippen molar-refractivity contribution in [2.75, 3.05) is 0 Å². The number of aryl methyl sites for hydroxylation is 1. The topological polar surface area (TPSA) is 46.9 Å². The minimum Gasteiger partial charge on any atom is -0.343 e. The van der Waals surface area contributed by atoms with Gasteiger partial charge in [0.25, 0.3) is 0 Å². The molecule has 1 atom stereocenters. The van der Waals surface area contributed by atoms with Gasteiger partial charge in [0.1, 0.15) is 11.7 Å². The summed E-state index contributed by atoms with van der Waals surface area (Å²) in [5, 5.41) is 5.51.